The van der Waals surface area contributed by atoms with Crippen LogP contribution in [0.2, 0.25) is 39.3 Å². The Kier molecular flexibility index (Phi) is 5.94. The fourth-order valence-electron chi connectivity index (χ4n) is 5.04. The molecule has 0 heterocycles. The van der Waals surface area contributed by atoms with Crippen molar-refractivity contribution in [3.63, 3.8) is 0 Å². The standard InChI is InChI=1S/C25H33NO6Si2/c1-30-16-10-8-9-14-18(16)22(26)20-21(23(14)27)24(28)15-11-13(31-33(2,3)4)12-17(19(15)25(20)29)32-34(5,6)7/h8-10,12,15,17,19,27H,11,26H2,1-7H3/t15-,17+,19-/m1/s1. The van der Waals surface area contributed by atoms with Gasteiger partial charge in [0.1, 0.15) is 11.5 Å². The van der Waals surface area contributed by atoms with Crippen molar-refractivity contribution in [3.05, 3.63) is 41.2 Å². The van der Waals surface area contributed by atoms with Gasteiger partial charge in [0.25, 0.3) is 0 Å². The number of carbonyl (C=O) groups is 2. The highest BCUT2D eigenvalue weighted by molar-refractivity contribution is 6.70. The van der Waals surface area contributed by atoms with Gasteiger partial charge in [0.2, 0.25) is 8.32 Å². The summed E-state index contributed by atoms with van der Waals surface area (Å²) in [6.07, 6.45) is 1.57. The van der Waals surface area contributed by atoms with E-state index in [4.69, 9.17) is 19.3 Å². The van der Waals surface area contributed by atoms with Crippen LogP contribution in [0.5, 0.6) is 11.5 Å². The minimum absolute atomic E-state index is 0.00879. The second kappa shape index (κ2) is 8.25. The number of nitrogen functional groups attached to an aromatic ring is 1. The zero-order valence-electron chi connectivity index (χ0n) is 20.8. The number of methoxy groups -OCH3 is 1. The van der Waals surface area contributed by atoms with Gasteiger partial charge in [-0.3, -0.25) is 9.59 Å². The number of Topliss-reactive ketones (excluding diaryl/α,β-unsaturated/α-hetero) is 2. The number of allylic oxidation sites excluding steroid dienone is 1. The zero-order valence-corrected chi connectivity index (χ0v) is 22.8. The summed E-state index contributed by atoms with van der Waals surface area (Å²) in [5.74, 6) is -1.13. The lowest BCUT2D eigenvalue weighted by Gasteiger charge is -2.42. The van der Waals surface area contributed by atoms with Crippen LogP contribution in [0.1, 0.15) is 27.1 Å². The topological polar surface area (TPSA) is 108 Å². The summed E-state index contributed by atoms with van der Waals surface area (Å²) in [7, 11) is -2.55. The Morgan fingerprint density at radius 2 is 1.68 bits per heavy atom. The number of anilines is 1. The zero-order chi connectivity index (χ0) is 25.2. The Morgan fingerprint density at radius 1 is 1.00 bits per heavy atom. The number of benzene rings is 2. The normalized spacial score (nSPS) is 22.8. The number of ketones is 2. The van der Waals surface area contributed by atoms with E-state index in [1.807, 2.05) is 25.7 Å². The number of fused-ring (bicyclic) bond motifs is 3. The first-order valence-corrected chi connectivity index (χ1v) is 18.3. The Morgan fingerprint density at radius 3 is 2.26 bits per heavy atom. The number of hydrogen-bond donors (Lipinski definition) is 2. The molecule has 9 heteroatoms. The van der Waals surface area contributed by atoms with Gasteiger partial charge in [-0.25, -0.2) is 0 Å². The third-order valence-electron chi connectivity index (χ3n) is 6.14. The maximum Gasteiger partial charge on any atom is 0.241 e. The van der Waals surface area contributed by atoms with Gasteiger partial charge in [0.15, 0.2) is 19.9 Å². The maximum absolute atomic E-state index is 14.0. The van der Waals surface area contributed by atoms with Gasteiger partial charge in [-0.15, -0.1) is 0 Å². The number of phenolic OH excluding ortho intramolecular Hbond substituents is 1. The number of carbonyl (C=O) groups excluding carboxylic acids is 2. The number of ether oxygens (including phenoxy) is 1. The summed E-state index contributed by atoms with van der Waals surface area (Å²) in [4.78, 5) is 27.9. The van der Waals surface area contributed by atoms with E-state index in [1.165, 1.54) is 7.11 Å². The Hall–Kier alpha value is -2.63. The molecule has 0 spiro atoms. The number of phenols is 1. The lowest BCUT2D eigenvalue weighted by Crippen LogP contribution is -2.49. The average Bonchev–Trinajstić information content (AvgIpc) is 2.71. The van der Waals surface area contributed by atoms with E-state index < -0.39 is 34.6 Å². The molecule has 0 radical (unpaired) electrons. The monoisotopic (exact) mass is 499 g/mol. The van der Waals surface area contributed by atoms with E-state index in [2.05, 4.69) is 19.6 Å². The summed E-state index contributed by atoms with van der Waals surface area (Å²) in [6, 6.07) is 5.10. The van der Waals surface area contributed by atoms with Crippen LogP contribution in [0.3, 0.4) is 0 Å². The van der Waals surface area contributed by atoms with Crippen molar-refractivity contribution < 1.29 is 28.3 Å². The van der Waals surface area contributed by atoms with Gasteiger partial charge < -0.3 is 24.4 Å². The molecule has 182 valence electrons. The predicted octanol–water partition coefficient (Wildman–Crippen LogP) is 5.11. The highest BCUT2D eigenvalue weighted by Gasteiger charge is 2.51. The van der Waals surface area contributed by atoms with Crippen molar-refractivity contribution in [2.45, 2.75) is 51.8 Å². The van der Waals surface area contributed by atoms with E-state index >= 15 is 0 Å². The van der Waals surface area contributed by atoms with Crippen LogP contribution in [0.25, 0.3) is 10.8 Å². The summed E-state index contributed by atoms with van der Waals surface area (Å²) in [5, 5.41) is 12.0. The Labute approximate surface area is 202 Å². The minimum atomic E-state index is -2.09. The molecule has 3 atom stereocenters. The minimum Gasteiger partial charge on any atom is -0.547 e. The van der Waals surface area contributed by atoms with Crippen molar-refractivity contribution in [3.8, 4) is 11.5 Å². The van der Waals surface area contributed by atoms with Gasteiger partial charge in [0.05, 0.1) is 47.1 Å². The molecule has 2 aromatic rings. The number of nitrogens with two attached hydrogens (primary N) is 1. The summed E-state index contributed by atoms with van der Waals surface area (Å²) in [6.45, 7) is 12.4. The van der Waals surface area contributed by atoms with Crippen molar-refractivity contribution >= 4 is 44.7 Å². The SMILES string of the molecule is COc1cccc2c(O)c3c(c(N)c12)C(=O)[C@H]1[C@@H](O[Si](C)(C)C)C=C(O[Si](C)(C)C)C[C@H]1C3=O. The van der Waals surface area contributed by atoms with Gasteiger partial charge in [-0.1, -0.05) is 12.1 Å². The van der Waals surface area contributed by atoms with Crippen molar-refractivity contribution in [1.82, 2.24) is 0 Å². The van der Waals surface area contributed by atoms with E-state index in [0.29, 0.717) is 28.7 Å². The maximum atomic E-state index is 14.0. The number of aromatic hydroxyl groups is 1. The molecule has 0 fully saturated rings. The van der Waals surface area contributed by atoms with Crippen LogP contribution in [-0.2, 0) is 8.85 Å². The molecule has 2 aromatic carbocycles. The molecule has 34 heavy (non-hydrogen) atoms. The van der Waals surface area contributed by atoms with Crippen molar-refractivity contribution in [2.75, 3.05) is 12.8 Å². The molecule has 0 amide bonds. The van der Waals surface area contributed by atoms with Crippen molar-refractivity contribution in [2.24, 2.45) is 11.8 Å². The first-order valence-electron chi connectivity index (χ1n) is 11.5. The molecule has 7 nitrogen and oxygen atoms in total. The molecule has 0 saturated carbocycles. The lowest BCUT2D eigenvalue weighted by molar-refractivity contribution is 0.0519. The molecule has 0 aromatic heterocycles. The average molecular weight is 500 g/mol. The lowest BCUT2D eigenvalue weighted by atomic mass is 9.67. The molecule has 0 bridgehead atoms. The fourth-order valence-corrected chi connectivity index (χ4v) is 7.01. The summed E-state index contributed by atoms with van der Waals surface area (Å²) in [5.41, 5.74) is 6.72. The first kappa shape index (κ1) is 24.5. The Bertz CT molecular complexity index is 1220. The van der Waals surface area contributed by atoms with Gasteiger partial charge in [0, 0.05) is 17.7 Å². The molecule has 3 N–H and O–H groups in total. The first-order chi connectivity index (χ1) is 15.7. The van der Waals surface area contributed by atoms with E-state index in [0.717, 1.165) is 0 Å². The largest absolute Gasteiger partial charge is 0.547 e. The number of rotatable bonds is 5. The fraction of sp³-hybridized carbons (Fsp3) is 0.440. The quantitative estimate of drug-likeness (QED) is 0.334. The van der Waals surface area contributed by atoms with Crippen LogP contribution in [0.4, 0.5) is 5.69 Å². The van der Waals surface area contributed by atoms with Crippen LogP contribution in [-0.4, -0.2) is 46.5 Å². The highest BCUT2D eigenvalue weighted by Crippen LogP contribution is 2.49. The van der Waals surface area contributed by atoms with Gasteiger partial charge in [-0.2, -0.15) is 0 Å². The molecule has 0 unspecified atom stereocenters. The van der Waals surface area contributed by atoms with Crippen molar-refractivity contribution in [1.29, 1.82) is 0 Å². The van der Waals surface area contributed by atoms with E-state index in [9.17, 15) is 14.7 Å². The van der Waals surface area contributed by atoms with Crippen LogP contribution in [0, 0.1) is 11.8 Å². The van der Waals surface area contributed by atoms with Crippen LogP contribution < -0.4 is 10.5 Å². The third-order valence-corrected chi connectivity index (χ3v) is 8.00. The molecular weight excluding hydrogens is 466 g/mol. The molecule has 0 saturated heterocycles. The van der Waals surface area contributed by atoms with Gasteiger partial charge >= 0.3 is 0 Å². The van der Waals surface area contributed by atoms with Crippen LogP contribution >= 0.6 is 0 Å². The molecule has 2 aliphatic rings. The molecule has 4 rings (SSSR count). The molecule has 0 aliphatic heterocycles. The summed E-state index contributed by atoms with van der Waals surface area (Å²) < 4.78 is 18.1. The predicted molar refractivity (Wildman–Crippen MR) is 138 cm³/mol. The van der Waals surface area contributed by atoms with E-state index in [1.54, 1.807) is 18.2 Å². The van der Waals surface area contributed by atoms with Crippen LogP contribution in [0.15, 0.2) is 30.0 Å². The smallest absolute Gasteiger partial charge is 0.241 e. The second-order valence-electron chi connectivity index (χ2n) is 11.0. The third kappa shape index (κ3) is 4.16. The molecule has 2 aliphatic carbocycles. The van der Waals surface area contributed by atoms with E-state index in [-0.39, 0.29) is 34.1 Å². The number of hydrogen-bond acceptors (Lipinski definition) is 7. The highest BCUT2D eigenvalue weighted by atomic mass is 28.4. The van der Waals surface area contributed by atoms with Gasteiger partial charge in [-0.05, 0) is 51.4 Å². The Balaban J connectivity index is 1.94. The summed E-state index contributed by atoms with van der Waals surface area (Å²) >= 11 is 0. The molecular formula is C25H33NO6Si2. The second-order valence-corrected chi connectivity index (χ2v) is 19.9.